The quantitative estimate of drug-likeness (QED) is 0.926. The average Bonchev–Trinajstić information content (AvgIpc) is 2.34. The van der Waals surface area contributed by atoms with E-state index in [4.69, 9.17) is 21.4 Å². The summed E-state index contributed by atoms with van der Waals surface area (Å²) in [5.74, 6) is 0.00432. The number of carbonyl (C=O) groups is 1. The Balaban J connectivity index is 2.36. The SMILES string of the molecule is Cc1cc(Cl)cc(C)c1Oc1cncc(C(=O)O)c1. The molecule has 1 aromatic heterocycles. The number of carboxylic acids is 1. The second kappa shape index (κ2) is 5.28. The smallest absolute Gasteiger partial charge is 0.337 e. The molecule has 0 saturated carbocycles. The van der Waals surface area contributed by atoms with Crippen LogP contribution < -0.4 is 4.74 Å². The van der Waals surface area contributed by atoms with Gasteiger partial charge in [-0.15, -0.1) is 0 Å². The van der Waals surface area contributed by atoms with Crippen molar-refractivity contribution in [1.82, 2.24) is 4.98 Å². The first-order valence-corrected chi connectivity index (χ1v) is 5.98. The molecular formula is C14H12ClNO3. The fraction of sp³-hybridized carbons (Fsp3) is 0.143. The van der Waals surface area contributed by atoms with E-state index in [9.17, 15) is 4.79 Å². The molecule has 0 bridgehead atoms. The third-order valence-electron chi connectivity index (χ3n) is 2.61. The van der Waals surface area contributed by atoms with E-state index in [0.29, 0.717) is 16.5 Å². The fourth-order valence-corrected chi connectivity index (χ4v) is 2.10. The number of halogens is 1. The van der Waals surface area contributed by atoms with Crippen LogP contribution in [-0.4, -0.2) is 16.1 Å². The number of pyridine rings is 1. The van der Waals surface area contributed by atoms with E-state index >= 15 is 0 Å². The van der Waals surface area contributed by atoms with E-state index in [2.05, 4.69) is 4.98 Å². The third kappa shape index (κ3) is 3.03. The summed E-state index contributed by atoms with van der Waals surface area (Å²) in [5.41, 5.74) is 1.85. The Labute approximate surface area is 115 Å². The molecular weight excluding hydrogens is 266 g/mol. The van der Waals surface area contributed by atoms with E-state index in [0.717, 1.165) is 11.1 Å². The number of carboxylic acid groups (broad SMARTS) is 1. The molecule has 1 heterocycles. The van der Waals surface area contributed by atoms with Crippen LogP contribution in [0.25, 0.3) is 0 Å². The maximum absolute atomic E-state index is 10.9. The van der Waals surface area contributed by atoms with Crippen molar-refractivity contribution in [3.05, 3.63) is 52.3 Å². The Morgan fingerprint density at radius 2 is 1.84 bits per heavy atom. The summed E-state index contributed by atoms with van der Waals surface area (Å²) in [5, 5.41) is 9.55. The minimum atomic E-state index is -1.04. The van der Waals surface area contributed by atoms with Crippen LogP contribution in [0.15, 0.2) is 30.6 Å². The molecule has 2 rings (SSSR count). The summed E-state index contributed by atoms with van der Waals surface area (Å²) in [6.45, 7) is 3.76. The summed E-state index contributed by atoms with van der Waals surface area (Å²) < 4.78 is 5.70. The molecule has 0 spiro atoms. The van der Waals surface area contributed by atoms with Gasteiger partial charge in [0.2, 0.25) is 0 Å². The zero-order chi connectivity index (χ0) is 14.0. The molecule has 0 aliphatic heterocycles. The van der Waals surface area contributed by atoms with E-state index in [1.165, 1.54) is 18.5 Å². The highest BCUT2D eigenvalue weighted by atomic mass is 35.5. The molecule has 0 aliphatic carbocycles. The highest BCUT2D eigenvalue weighted by molar-refractivity contribution is 6.30. The van der Waals surface area contributed by atoms with Crippen molar-refractivity contribution in [2.45, 2.75) is 13.8 Å². The number of nitrogens with zero attached hydrogens (tertiary/aromatic N) is 1. The summed E-state index contributed by atoms with van der Waals surface area (Å²) in [7, 11) is 0. The number of aromatic nitrogens is 1. The lowest BCUT2D eigenvalue weighted by Gasteiger charge is -2.12. The second-order valence-corrected chi connectivity index (χ2v) is 4.62. The maximum atomic E-state index is 10.9. The molecule has 1 N–H and O–H groups in total. The van der Waals surface area contributed by atoms with Crippen LogP contribution in [0.5, 0.6) is 11.5 Å². The van der Waals surface area contributed by atoms with E-state index in [1.54, 1.807) is 12.1 Å². The lowest BCUT2D eigenvalue weighted by molar-refractivity contribution is 0.0696. The van der Waals surface area contributed by atoms with Crippen molar-refractivity contribution in [3.8, 4) is 11.5 Å². The van der Waals surface area contributed by atoms with Gasteiger partial charge in [0.25, 0.3) is 0 Å². The standard InChI is InChI=1S/C14H12ClNO3/c1-8-3-11(15)4-9(2)13(8)19-12-5-10(14(17)18)6-16-7-12/h3-7H,1-2H3,(H,17,18). The van der Waals surface area contributed by atoms with Gasteiger partial charge in [0.05, 0.1) is 11.8 Å². The fourth-order valence-electron chi connectivity index (χ4n) is 1.77. The minimum Gasteiger partial charge on any atom is -0.478 e. The van der Waals surface area contributed by atoms with Crippen molar-refractivity contribution in [1.29, 1.82) is 0 Å². The van der Waals surface area contributed by atoms with Gasteiger partial charge >= 0.3 is 5.97 Å². The minimum absolute atomic E-state index is 0.0850. The number of aromatic carboxylic acids is 1. The van der Waals surface area contributed by atoms with Crippen LogP contribution >= 0.6 is 11.6 Å². The Morgan fingerprint density at radius 3 is 2.42 bits per heavy atom. The molecule has 4 nitrogen and oxygen atoms in total. The van der Waals surface area contributed by atoms with Crippen molar-refractivity contribution in [2.75, 3.05) is 0 Å². The predicted molar refractivity (Wildman–Crippen MR) is 72.2 cm³/mol. The van der Waals surface area contributed by atoms with Gasteiger partial charge in [-0.3, -0.25) is 4.98 Å². The number of aryl methyl sites for hydroxylation is 2. The summed E-state index contributed by atoms with van der Waals surface area (Å²) in [4.78, 5) is 14.7. The van der Waals surface area contributed by atoms with Gasteiger partial charge in [0.1, 0.15) is 11.5 Å². The topological polar surface area (TPSA) is 59.4 Å². The van der Waals surface area contributed by atoms with Crippen LogP contribution in [-0.2, 0) is 0 Å². The van der Waals surface area contributed by atoms with E-state index in [-0.39, 0.29) is 5.56 Å². The van der Waals surface area contributed by atoms with E-state index in [1.807, 2.05) is 13.8 Å². The first-order valence-electron chi connectivity index (χ1n) is 5.60. The monoisotopic (exact) mass is 277 g/mol. The Hall–Kier alpha value is -2.07. The molecule has 0 radical (unpaired) electrons. The van der Waals surface area contributed by atoms with Gasteiger partial charge in [-0.2, -0.15) is 0 Å². The van der Waals surface area contributed by atoms with Crippen LogP contribution in [0.1, 0.15) is 21.5 Å². The number of benzene rings is 1. The molecule has 0 unspecified atom stereocenters. The van der Waals surface area contributed by atoms with Crippen LogP contribution in [0.3, 0.4) is 0 Å². The molecule has 98 valence electrons. The molecule has 1 aromatic carbocycles. The first-order chi connectivity index (χ1) is 8.97. The maximum Gasteiger partial charge on any atom is 0.337 e. The molecule has 0 fully saturated rings. The molecule has 0 saturated heterocycles. The van der Waals surface area contributed by atoms with Gasteiger partial charge in [-0.1, -0.05) is 11.6 Å². The number of rotatable bonds is 3. The zero-order valence-electron chi connectivity index (χ0n) is 10.5. The largest absolute Gasteiger partial charge is 0.478 e. The lowest BCUT2D eigenvalue weighted by atomic mass is 10.1. The average molecular weight is 278 g/mol. The Morgan fingerprint density at radius 1 is 1.21 bits per heavy atom. The molecule has 0 amide bonds. The molecule has 5 heteroatoms. The summed E-state index contributed by atoms with van der Waals surface area (Å²) >= 11 is 5.95. The second-order valence-electron chi connectivity index (χ2n) is 4.19. The van der Waals surface area contributed by atoms with Crippen LogP contribution in [0.4, 0.5) is 0 Å². The van der Waals surface area contributed by atoms with Crippen LogP contribution in [0.2, 0.25) is 5.02 Å². The normalized spacial score (nSPS) is 10.3. The molecule has 2 aromatic rings. The Bertz CT molecular complexity index is 617. The molecule has 0 atom stereocenters. The first kappa shape index (κ1) is 13.4. The molecule has 0 aliphatic rings. The highest BCUT2D eigenvalue weighted by Gasteiger charge is 2.09. The van der Waals surface area contributed by atoms with Crippen LogP contribution in [0, 0.1) is 13.8 Å². The molecule has 19 heavy (non-hydrogen) atoms. The highest BCUT2D eigenvalue weighted by Crippen LogP contribution is 2.31. The van der Waals surface area contributed by atoms with Crippen molar-refractivity contribution in [2.24, 2.45) is 0 Å². The van der Waals surface area contributed by atoms with Gasteiger partial charge in [-0.05, 0) is 43.2 Å². The number of hydrogen-bond donors (Lipinski definition) is 1. The number of ether oxygens (including phenoxy) is 1. The zero-order valence-corrected chi connectivity index (χ0v) is 11.2. The lowest BCUT2D eigenvalue weighted by Crippen LogP contribution is -1.98. The van der Waals surface area contributed by atoms with Crippen molar-refractivity contribution >= 4 is 17.6 Å². The van der Waals surface area contributed by atoms with Crippen molar-refractivity contribution < 1.29 is 14.6 Å². The van der Waals surface area contributed by atoms with Gasteiger partial charge < -0.3 is 9.84 Å². The number of hydrogen-bond acceptors (Lipinski definition) is 3. The van der Waals surface area contributed by atoms with Crippen molar-refractivity contribution in [3.63, 3.8) is 0 Å². The van der Waals surface area contributed by atoms with Gasteiger partial charge in [0, 0.05) is 11.2 Å². The van der Waals surface area contributed by atoms with Gasteiger partial charge in [0.15, 0.2) is 0 Å². The van der Waals surface area contributed by atoms with E-state index < -0.39 is 5.97 Å². The predicted octanol–water partition coefficient (Wildman–Crippen LogP) is 3.84. The third-order valence-corrected chi connectivity index (χ3v) is 2.82. The van der Waals surface area contributed by atoms with Gasteiger partial charge in [-0.25, -0.2) is 4.79 Å². The Kier molecular flexibility index (Phi) is 3.71. The summed E-state index contributed by atoms with van der Waals surface area (Å²) in [6.07, 6.45) is 2.75. The summed E-state index contributed by atoms with van der Waals surface area (Å²) in [6, 6.07) is 5.01.